The maximum atomic E-state index is 11.5. The third-order valence-electron chi connectivity index (χ3n) is 9.77. The van der Waals surface area contributed by atoms with Gasteiger partial charge < -0.3 is 13.9 Å². The van der Waals surface area contributed by atoms with E-state index in [4.69, 9.17) is 8.84 Å². The summed E-state index contributed by atoms with van der Waals surface area (Å²) in [6.07, 6.45) is 7.93. The molecule has 3 nitrogen and oxygen atoms in total. The second-order valence-electron chi connectivity index (χ2n) is 13.0. The van der Waals surface area contributed by atoms with Crippen LogP contribution in [-0.4, -0.2) is 13.4 Å². The van der Waals surface area contributed by atoms with E-state index in [1.54, 1.807) is 6.26 Å². The number of aliphatic hydroxyl groups is 1. The molecule has 0 saturated heterocycles. The predicted octanol–water partition coefficient (Wildman–Crippen LogP) is 9.06. The van der Waals surface area contributed by atoms with Crippen molar-refractivity contribution in [3.63, 3.8) is 0 Å². The van der Waals surface area contributed by atoms with Crippen molar-refractivity contribution in [1.29, 1.82) is 0 Å². The molecule has 0 spiro atoms. The summed E-state index contributed by atoms with van der Waals surface area (Å²) in [5.41, 5.74) is 4.07. The van der Waals surface area contributed by atoms with Crippen LogP contribution >= 0.6 is 0 Å². The standard InChI is InChI=1S/C29H50O3Si/c1-19(2)33(20(3)4,21(5)6)32-27-23(14-17-31-27)25(30)18-24-22(7)12-13-26-28(8,9)15-11-16-29(24,26)10/h14,17,19-21,24-26,30H,7,11-13,15-16,18H2,1-6,8-10H3/t24-,25-,26+,29-/m1/s1. The highest BCUT2D eigenvalue weighted by molar-refractivity contribution is 6.78. The first kappa shape index (κ1) is 26.6. The minimum Gasteiger partial charge on any atom is -0.518 e. The number of fused-ring (bicyclic) bond motifs is 1. The van der Waals surface area contributed by atoms with Crippen molar-refractivity contribution in [2.75, 3.05) is 0 Å². The van der Waals surface area contributed by atoms with Gasteiger partial charge in [-0.3, -0.25) is 0 Å². The fraction of sp³-hybridized carbons (Fsp3) is 0.793. The van der Waals surface area contributed by atoms with Crippen molar-refractivity contribution in [2.24, 2.45) is 22.7 Å². The molecular weight excluding hydrogens is 424 g/mol. The summed E-state index contributed by atoms with van der Waals surface area (Å²) in [7, 11) is -2.16. The van der Waals surface area contributed by atoms with E-state index in [0.717, 1.165) is 12.0 Å². The van der Waals surface area contributed by atoms with Gasteiger partial charge in [0.25, 0.3) is 14.3 Å². The highest BCUT2D eigenvalue weighted by Crippen LogP contribution is 2.62. The number of rotatable bonds is 8. The van der Waals surface area contributed by atoms with E-state index in [1.165, 1.54) is 31.3 Å². The molecule has 2 aliphatic carbocycles. The molecule has 33 heavy (non-hydrogen) atoms. The largest absolute Gasteiger partial charge is 0.518 e. The van der Waals surface area contributed by atoms with Gasteiger partial charge in [0.15, 0.2) is 0 Å². The Kier molecular flexibility index (Phi) is 7.71. The zero-order valence-electron chi connectivity index (χ0n) is 22.8. The van der Waals surface area contributed by atoms with Crippen molar-refractivity contribution < 1.29 is 13.9 Å². The van der Waals surface area contributed by atoms with Gasteiger partial charge in [-0.2, -0.15) is 0 Å². The lowest BCUT2D eigenvalue weighted by atomic mass is 9.47. The van der Waals surface area contributed by atoms with Gasteiger partial charge >= 0.3 is 0 Å². The van der Waals surface area contributed by atoms with Crippen LogP contribution in [0.15, 0.2) is 28.9 Å². The second kappa shape index (κ2) is 9.57. The fourth-order valence-corrected chi connectivity index (χ4v) is 13.4. The third-order valence-corrected chi connectivity index (χ3v) is 15.7. The molecule has 1 aromatic heterocycles. The average molecular weight is 475 g/mol. The second-order valence-corrected chi connectivity index (χ2v) is 18.4. The Labute approximate surface area is 204 Å². The molecule has 0 aromatic carbocycles. The van der Waals surface area contributed by atoms with E-state index >= 15 is 0 Å². The van der Waals surface area contributed by atoms with E-state index in [1.807, 2.05) is 6.07 Å². The number of hydrogen-bond donors (Lipinski definition) is 1. The van der Waals surface area contributed by atoms with Gasteiger partial charge in [0.05, 0.1) is 17.9 Å². The fourth-order valence-electron chi connectivity index (χ4n) is 8.21. The van der Waals surface area contributed by atoms with Crippen LogP contribution in [-0.2, 0) is 0 Å². The zero-order chi connectivity index (χ0) is 24.8. The Bertz CT molecular complexity index is 799. The van der Waals surface area contributed by atoms with Gasteiger partial charge in [-0.1, -0.05) is 80.9 Å². The first-order valence-corrected chi connectivity index (χ1v) is 15.5. The molecule has 1 heterocycles. The Morgan fingerprint density at radius 2 is 1.70 bits per heavy atom. The normalized spacial score (nSPS) is 28.9. The van der Waals surface area contributed by atoms with Crippen LogP contribution in [0, 0.1) is 22.7 Å². The lowest BCUT2D eigenvalue weighted by Gasteiger charge is -2.58. The van der Waals surface area contributed by atoms with E-state index in [9.17, 15) is 5.11 Å². The minimum atomic E-state index is -2.16. The molecule has 1 N–H and O–H groups in total. The van der Waals surface area contributed by atoms with Crippen LogP contribution in [0.4, 0.5) is 0 Å². The van der Waals surface area contributed by atoms with Gasteiger partial charge in [-0.05, 0) is 77.5 Å². The molecule has 0 radical (unpaired) electrons. The third kappa shape index (κ3) is 4.63. The molecule has 1 aromatic rings. The van der Waals surface area contributed by atoms with Gasteiger partial charge in [-0.15, -0.1) is 0 Å². The number of hydrogen-bond acceptors (Lipinski definition) is 3. The summed E-state index contributed by atoms with van der Waals surface area (Å²) in [6.45, 7) is 25.6. The van der Waals surface area contributed by atoms with Crippen LogP contribution in [0.3, 0.4) is 0 Å². The van der Waals surface area contributed by atoms with Crippen LogP contribution < -0.4 is 4.43 Å². The Balaban J connectivity index is 1.88. The van der Waals surface area contributed by atoms with Gasteiger partial charge in [0, 0.05) is 0 Å². The molecule has 2 aliphatic rings. The first-order chi connectivity index (χ1) is 15.3. The van der Waals surface area contributed by atoms with E-state index < -0.39 is 14.4 Å². The number of furan rings is 1. The summed E-state index contributed by atoms with van der Waals surface area (Å²) in [4.78, 5) is 0. The Morgan fingerprint density at radius 1 is 1.09 bits per heavy atom. The highest BCUT2D eigenvalue weighted by atomic mass is 28.4. The quantitative estimate of drug-likeness (QED) is 0.302. The molecule has 4 atom stereocenters. The topological polar surface area (TPSA) is 42.6 Å². The maximum Gasteiger partial charge on any atom is 0.276 e. The SMILES string of the molecule is C=C1CC[C@H]2C(C)(C)CCC[C@]2(C)[C@@H]1C[C@@H](O)c1ccoc1O[Si](C(C)C)(C(C)C)C(C)C. The van der Waals surface area contributed by atoms with Crippen molar-refractivity contribution >= 4 is 8.32 Å². The predicted molar refractivity (Wildman–Crippen MR) is 141 cm³/mol. The maximum absolute atomic E-state index is 11.5. The molecule has 3 rings (SSSR count). The van der Waals surface area contributed by atoms with Crippen LogP contribution in [0.2, 0.25) is 16.6 Å². The van der Waals surface area contributed by atoms with Crippen molar-refractivity contribution in [1.82, 2.24) is 0 Å². The molecule has 0 aliphatic heterocycles. The van der Waals surface area contributed by atoms with Crippen LogP contribution in [0.1, 0.15) is 113 Å². The number of aliphatic hydroxyl groups excluding tert-OH is 1. The van der Waals surface area contributed by atoms with Gasteiger partial charge in [0.2, 0.25) is 0 Å². The van der Waals surface area contributed by atoms with Gasteiger partial charge in [-0.25, -0.2) is 0 Å². The molecule has 188 valence electrons. The summed E-state index contributed by atoms with van der Waals surface area (Å²) in [6, 6.07) is 1.93. The summed E-state index contributed by atoms with van der Waals surface area (Å²) < 4.78 is 12.8. The molecule has 0 bridgehead atoms. The zero-order valence-corrected chi connectivity index (χ0v) is 23.8. The Hall–Kier alpha value is -1.00. The summed E-state index contributed by atoms with van der Waals surface area (Å²) in [5.74, 6) is 1.57. The lowest BCUT2D eigenvalue weighted by Crippen LogP contribution is -2.51. The van der Waals surface area contributed by atoms with Crippen LogP contribution in [0.25, 0.3) is 0 Å². The van der Waals surface area contributed by atoms with E-state index in [-0.39, 0.29) is 5.41 Å². The molecule has 2 fully saturated rings. The molecule has 4 heteroatoms. The monoisotopic (exact) mass is 474 g/mol. The molecular formula is C29H50O3Si. The lowest BCUT2D eigenvalue weighted by molar-refractivity contribution is -0.0639. The smallest absolute Gasteiger partial charge is 0.276 e. The number of allylic oxidation sites excluding steroid dienone is 1. The summed E-state index contributed by atoms with van der Waals surface area (Å²) in [5, 5.41) is 11.5. The molecule has 0 unspecified atom stereocenters. The van der Waals surface area contributed by atoms with Crippen molar-refractivity contribution in [2.45, 2.75) is 124 Å². The Morgan fingerprint density at radius 3 is 2.27 bits per heavy atom. The summed E-state index contributed by atoms with van der Waals surface area (Å²) >= 11 is 0. The van der Waals surface area contributed by atoms with Crippen molar-refractivity contribution in [3.8, 4) is 5.95 Å². The van der Waals surface area contributed by atoms with Crippen LogP contribution in [0.5, 0.6) is 5.95 Å². The molecule has 0 amide bonds. The highest BCUT2D eigenvalue weighted by Gasteiger charge is 2.53. The van der Waals surface area contributed by atoms with Crippen molar-refractivity contribution in [3.05, 3.63) is 30.0 Å². The average Bonchev–Trinajstić information content (AvgIpc) is 3.15. The minimum absolute atomic E-state index is 0.203. The van der Waals surface area contributed by atoms with E-state index in [2.05, 4.69) is 68.9 Å². The van der Waals surface area contributed by atoms with Gasteiger partial charge in [0.1, 0.15) is 0 Å². The first-order valence-electron chi connectivity index (χ1n) is 13.4. The molecule has 2 saturated carbocycles. The van der Waals surface area contributed by atoms with E-state index in [0.29, 0.717) is 46.2 Å².